The van der Waals surface area contributed by atoms with E-state index in [1.54, 1.807) is 0 Å². The molecule has 0 aromatic heterocycles. The minimum absolute atomic E-state index is 0.405. The molecule has 0 aromatic rings. The van der Waals surface area contributed by atoms with Crippen molar-refractivity contribution in [2.45, 2.75) is 12.5 Å². The van der Waals surface area contributed by atoms with Crippen LogP contribution in [0.15, 0.2) is 0 Å². The van der Waals surface area contributed by atoms with E-state index in [1.165, 1.54) is 0 Å². The van der Waals surface area contributed by atoms with Gasteiger partial charge in [0.2, 0.25) is 0 Å². The molecule has 0 aliphatic rings. The van der Waals surface area contributed by atoms with Gasteiger partial charge in [0.1, 0.15) is 6.10 Å². The SMILES string of the molecule is O[C@@H](CCl)C(F)F. The first-order chi connectivity index (χ1) is 3.18. The molecule has 1 atom stereocenters. The number of hydrogen-bond donors (Lipinski definition) is 1. The molecule has 7 heavy (non-hydrogen) atoms. The van der Waals surface area contributed by atoms with Gasteiger partial charge in [0.15, 0.2) is 0 Å². The van der Waals surface area contributed by atoms with Crippen LogP contribution >= 0.6 is 11.6 Å². The van der Waals surface area contributed by atoms with Crippen LogP contribution in [0.3, 0.4) is 0 Å². The molecule has 0 spiro atoms. The van der Waals surface area contributed by atoms with Crippen molar-refractivity contribution in [3.63, 3.8) is 0 Å². The minimum atomic E-state index is -2.71. The van der Waals surface area contributed by atoms with E-state index in [2.05, 4.69) is 0 Å². The maximum Gasteiger partial charge on any atom is 0.265 e. The average Bonchev–Trinajstić information content (AvgIpc) is 1.65. The molecule has 4 heteroatoms. The minimum Gasteiger partial charge on any atom is -0.386 e. The van der Waals surface area contributed by atoms with Crippen LogP contribution in [-0.2, 0) is 0 Å². The van der Waals surface area contributed by atoms with E-state index in [1.807, 2.05) is 0 Å². The van der Waals surface area contributed by atoms with Gasteiger partial charge in [-0.1, -0.05) is 0 Å². The standard InChI is InChI=1S/C3H5ClF2O/c4-1-2(7)3(5)6/h2-3,7H,1H2/t2-/m0/s1. The summed E-state index contributed by atoms with van der Waals surface area (Å²) in [7, 11) is 0. The summed E-state index contributed by atoms with van der Waals surface area (Å²) in [5, 5.41) is 8.05. The lowest BCUT2D eigenvalue weighted by Crippen LogP contribution is -2.18. The van der Waals surface area contributed by atoms with E-state index < -0.39 is 18.4 Å². The highest BCUT2D eigenvalue weighted by atomic mass is 35.5. The van der Waals surface area contributed by atoms with Crippen molar-refractivity contribution in [3.05, 3.63) is 0 Å². The normalized spacial score (nSPS) is 15.0. The zero-order valence-electron chi connectivity index (χ0n) is 3.44. The molecule has 0 heterocycles. The zero-order valence-corrected chi connectivity index (χ0v) is 4.20. The highest BCUT2D eigenvalue weighted by Gasteiger charge is 2.13. The van der Waals surface area contributed by atoms with E-state index >= 15 is 0 Å². The summed E-state index contributed by atoms with van der Waals surface area (Å²) < 4.78 is 22.2. The lowest BCUT2D eigenvalue weighted by atomic mass is 10.4. The Bertz CT molecular complexity index is 50.2. The number of halogens is 3. The van der Waals surface area contributed by atoms with Crippen molar-refractivity contribution < 1.29 is 13.9 Å². The number of aliphatic hydroxyl groups is 1. The second-order valence-corrected chi connectivity index (χ2v) is 1.36. The molecule has 0 saturated carbocycles. The maximum absolute atomic E-state index is 11.1. The molecule has 0 unspecified atom stereocenters. The van der Waals surface area contributed by atoms with Crippen LogP contribution in [0.2, 0.25) is 0 Å². The predicted octanol–water partition coefficient (Wildman–Crippen LogP) is 0.851. The van der Waals surface area contributed by atoms with Gasteiger partial charge in [-0.2, -0.15) is 0 Å². The number of rotatable bonds is 2. The summed E-state index contributed by atoms with van der Waals surface area (Å²) in [6.45, 7) is 0. The van der Waals surface area contributed by atoms with Gasteiger partial charge in [0.05, 0.1) is 5.88 Å². The maximum atomic E-state index is 11.1. The summed E-state index contributed by atoms with van der Waals surface area (Å²) in [4.78, 5) is 0. The summed E-state index contributed by atoms with van der Waals surface area (Å²) in [6.07, 6.45) is -4.38. The molecule has 0 rings (SSSR count). The quantitative estimate of drug-likeness (QED) is 0.550. The Labute approximate surface area is 44.9 Å². The van der Waals surface area contributed by atoms with Crippen molar-refractivity contribution >= 4 is 11.6 Å². The third kappa shape index (κ3) is 2.76. The fourth-order valence-electron chi connectivity index (χ4n) is 0.0673. The Kier molecular flexibility index (Phi) is 3.21. The van der Waals surface area contributed by atoms with Crippen LogP contribution in [0.25, 0.3) is 0 Å². The molecule has 0 amide bonds. The van der Waals surface area contributed by atoms with Gasteiger partial charge < -0.3 is 5.11 Å². The Morgan fingerprint density at radius 3 is 2.00 bits per heavy atom. The monoisotopic (exact) mass is 130 g/mol. The van der Waals surface area contributed by atoms with Gasteiger partial charge in [-0.25, -0.2) is 8.78 Å². The second kappa shape index (κ2) is 3.16. The molecular formula is C3H5ClF2O. The molecule has 0 fully saturated rings. The fraction of sp³-hybridized carbons (Fsp3) is 1.00. The lowest BCUT2D eigenvalue weighted by molar-refractivity contribution is 0.00930. The molecule has 44 valence electrons. The topological polar surface area (TPSA) is 20.2 Å². The number of hydrogen-bond acceptors (Lipinski definition) is 1. The summed E-state index contributed by atoms with van der Waals surface area (Å²) in [5.74, 6) is -0.405. The number of alkyl halides is 3. The van der Waals surface area contributed by atoms with Crippen molar-refractivity contribution in [1.82, 2.24) is 0 Å². The van der Waals surface area contributed by atoms with Gasteiger partial charge in [-0.15, -0.1) is 11.6 Å². The first kappa shape index (κ1) is 7.11. The van der Waals surface area contributed by atoms with Crippen molar-refractivity contribution in [1.29, 1.82) is 0 Å². The van der Waals surface area contributed by atoms with E-state index in [4.69, 9.17) is 16.7 Å². The Morgan fingerprint density at radius 2 is 2.00 bits per heavy atom. The predicted molar refractivity (Wildman–Crippen MR) is 22.7 cm³/mol. The molecule has 1 N–H and O–H groups in total. The van der Waals surface area contributed by atoms with Crippen molar-refractivity contribution in [2.24, 2.45) is 0 Å². The second-order valence-electron chi connectivity index (χ2n) is 1.06. The molecule has 0 aliphatic carbocycles. The fourth-order valence-corrected chi connectivity index (χ4v) is 0.202. The zero-order chi connectivity index (χ0) is 5.86. The van der Waals surface area contributed by atoms with Gasteiger partial charge >= 0.3 is 0 Å². The van der Waals surface area contributed by atoms with Crippen molar-refractivity contribution in [2.75, 3.05) is 5.88 Å². The largest absolute Gasteiger partial charge is 0.386 e. The molecular weight excluding hydrogens is 125 g/mol. The molecule has 0 saturated heterocycles. The van der Waals surface area contributed by atoms with Crippen molar-refractivity contribution in [3.8, 4) is 0 Å². The number of aliphatic hydroxyl groups excluding tert-OH is 1. The Morgan fingerprint density at radius 1 is 1.57 bits per heavy atom. The van der Waals surface area contributed by atoms with Crippen LogP contribution in [0.1, 0.15) is 0 Å². The van der Waals surface area contributed by atoms with Gasteiger partial charge in [-0.3, -0.25) is 0 Å². The first-order valence-electron chi connectivity index (χ1n) is 1.70. The van der Waals surface area contributed by atoms with Crippen LogP contribution < -0.4 is 0 Å². The van der Waals surface area contributed by atoms with Crippen LogP contribution in [-0.4, -0.2) is 23.5 Å². The van der Waals surface area contributed by atoms with Crippen LogP contribution in [0.4, 0.5) is 8.78 Å². The molecule has 0 bridgehead atoms. The highest BCUT2D eigenvalue weighted by molar-refractivity contribution is 6.18. The summed E-state index contributed by atoms with van der Waals surface area (Å²) in [5.41, 5.74) is 0. The average molecular weight is 131 g/mol. The smallest absolute Gasteiger partial charge is 0.265 e. The molecule has 0 radical (unpaired) electrons. The third-order valence-corrected chi connectivity index (χ3v) is 0.765. The van der Waals surface area contributed by atoms with Crippen LogP contribution in [0, 0.1) is 0 Å². The van der Waals surface area contributed by atoms with E-state index in [0.717, 1.165) is 0 Å². The Hall–Kier alpha value is 0.110. The Balaban J connectivity index is 3.14. The van der Waals surface area contributed by atoms with E-state index in [9.17, 15) is 8.78 Å². The molecule has 0 aromatic carbocycles. The van der Waals surface area contributed by atoms with E-state index in [-0.39, 0.29) is 0 Å². The summed E-state index contributed by atoms with van der Waals surface area (Å²) in [6, 6.07) is 0. The molecule has 0 aliphatic heterocycles. The lowest BCUT2D eigenvalue weighted by Gasteiger charge is -2.01. The van der Waals surface area contributed by atoms with Crippen LogP contribution in [0.5, 0.6) is 0 Å². The highest BCUT2D eigenvalue weighted by Crippen LogP contribution is 2.00. The first-order valence-corrected chi connectivity index (χ1v) is 2.24. The summed E-state index contributed by atoms with van der Waals surface area (Å²) >= 11 is 4.82. The van der Waals surface area contributed by atoms with Gasteiger partial charge in [0.25, 0.3) is 6.43 Å². The molecule has 1 nitrogen and oxygen atoms in total. The van der Waals surface area contributed by atoms with E-state index in [0.29, 0.717) is 0 Å². The third-order valence-electron chi connectivity index (χ3n) is 0.449. The van der Waals surface area contributed by atoms with Gasteiger partial charge in [0, 0.05) is 0 Å². The van der Waals surface area contributed by atoms with Gasteiger partial charge in [-0.05, 0) is 0 Å².